The van der Waals surface area contributed by atoms with Crippen molar-refractivity contribution in [2.45, 2.75) is 70.1 Å². The first-order valence-electron chi connectivity index (χ1n) is 9.30. The van der Waals surface area contributed by atoms with Crippen molar-refractivity contribution in [3.05, 3.63) is 17.5 Å². The molecule has 1 aromatic heterocycles. The molecule has 2 N–H and O–H groups in total. The molecule has 3 unspecified atom stereocenters. The van der Waals surface area contributed by atoms with Crippen LogP contribution < -0.4 is 5.32 Å². The van der Waals surface area contributed by atoms with Gasteiger partial charge in [0.2, 0.25) is 0 Å². The predicted octanol–water partition coefficient (Wildman–Crippen LogP) is 2.26. The van der Waals surface area contributed by atoms with Gasteiger partial charge in [0.1, 0.15) is 0 Å². The maximum atomic E-state index is 12.7. The van der Waals surface area contributed by atoms with Gasteiger partial charge >= 0.3 is 6.03 Å². The summed E-state index contributed by atoms with van der Waals surface area (Å²) in [7, 11) is 1.95. The molecule has 0 radical (unpaired) electrons. The maximum Gasteiger partial charge on any atom is 0.317 e. The lowest BCUT2D eigenvalue weighted by Gasteiger charge is -2.63. The van der Waals surface area contributed by atoms with Crippen LogP contribution in [0, 0.1) is 5.41 Å². The Balaban J connectivity index is 1.35. The lowest BCUT2D eigenvalue weighted by molar-refractivity contribution is -0.192. The number of nitrogens with one attached hydrogen (secondary N) is 2. The van der Waals surface area contributed by atoms with Gasteiger partial charge in [0.05, 0.1) is 12.3 Å². The number of urea groups is 1. The van der Waals surface area contributed by atoms with Gasteiger partial charge < -0.3 is 15.0 Å². The van der Waals surface area contributed by atoms with Gasteiger partial charge in [-0.15, -0.1) is 0 Å². The van der Waals surface area contributed by atoms with Crippen LogP contribution in [0.2, 0.25) is 0 Å². The molecule has 132 valence electrons. The van der Waals surface area contributed by atoms with E-state index in [1.807, 2.05) is 18.1 Å². The molecule has 0 saturated heterocycles. The van der Waals surface area contributed by atoms with Crippen LogP contribution in [0.1, 0.15) is 50.3 Å². The molecule has 0 bridgehead atoms. The summed E-state index contributed by atoms with van der Waals surface area (Å²) in [5, 5.41) is 10.4. The van der Waals surface area contributed by atoms with E-state index in [2.05, 4.69) is 22.4 Å². The normalized spacial score (nSPS) is 30.2. The molecule has 6 heteroatoms. The van der Waals surface area contributed by atoms with E-state index < -0.39 is 0 Å². The number of aromatic nitrogens is 2. The smallest absolute Gasteiger partial charge is 0.317 e. The molecule has 3 atom stereocenters. The molecule has 2 amide bonds. The molecule has 3 aliphatic carbocycles. The third-order valence-electron chi connectivity index (χ3n) is 6.53. The fourth-order valence-electron chi connectivity index (χ4n) is 4.89. The topological polar surface area (TPSA) is 70.2 Å². The second-order valence-corrected chi connectivity index (χ2v) is 7.66. The molecule has 24 heavy (non-hydrogen) atoms. The Bertz CT molecular complexity index is 610. The Morgan fingerprint density at radius 1 is 1.54 bits per heavy atom. The third kappa shape index (κ3) is 2.42. The summed E-state index contributed by atoms with van der Waals surface area (Å²) in [6, 6.07) is 0.594. The van der Waals surface area contributed by atoms with E-state index in [0.29, 0.717) is 12.1 Å². The van der Waals surface area contributed by atoms with E-state index in [0.717, 1.165) is 32.3 Å². The fraction of sp³-hybridized carbons (Fsp3) is 0.778. The number of amides is 2. The Labute approximate surface area is 143 Å². The minimum Gasteiger partial charge on any atom is -0.378 e. The Hall–Kier alpha value is -1.56. The predicted molar refractivity (Wildman–Crippen MR) is 90.8 cm³/mol. The molecule has 1 spiro atoms. The number of carbonyl (C=O) groups excluding carboxylic acids is 1. The lowest BCUT2D eigenvalue weighted by atomic mass is 9.50. The number of nitrogens with zero attached hydrogens (tertiary/aromatic N) is 2. The van der Waals surface area contributed by atoms with E-state index in [1.165, 1.54) is 30.5 Å². The van der Waals surface area contributed by atoms with Crippen molar-refractivity contribution < 1.29 is 9.53 Å². The zero-order chi connectivity index (χ0) is 16.7. The van der Waals surface area contributed by atoms with Crippen LogP contribution in [0.15, 0.2) is 6.20 Å². The zero-order valence-electron chi connectivity index (χ0n) is 14.7. The monoisotopic (exact) mass is 332 g/mol. The lowest BCUT2D eigenvalue weighted by Crippen LogP contribution is -2.69. The van der Waals surface area contributed by atoms with Gasteiger partial charge in [-0.05, 0) is 44.6 Å². The third-order valence-corrected chi connectivity index (χ3v) is 6.53. The number of H-pyrrole nitrogens is 1. The number of rotatable bonds is 4. The molecular formula is C18H28N4O2. The first-order chi connectivity index (χ1) is 11.6. The summed E-state index contributed by atoms with van der Waals surface area (Å²) < 4.78 is 5.91. The molecule has 2 saturated carbocycles. The summed E-state index contributed by atoms with van der Waals surface area (Å²) in [4.78, 5) is 14.7. The molecule has 6 nitrogen and oxygen atoms in total. The number of carbonyl (C=O) groups is 1. The first kappa shape index (κ1) is 15.9. The molecular weight excluding hydrogens is 304 g/mol. The minimum absolute atomic E-state index is 0.0641. The van der Waals surface area contributed by atoms with Crippen molar-refractivity contribution in [2.24, 2.45) is 5.41 Å². The zero-order valence-corrected chi connectivity index (χ0v) is 14.7. The van der Waals surface area contributed by atoms with Crippen molar-refractivity contribution in [3.8, 4) is 0 Å². The highest BCUT2D eigenvalue weighted by molar-refractivity contribution is 5.75. The van der Waals surface area contributed by atoms with Crippen molar-refractivity contribution in [3.63, 3.8) is 0 Å². The molecule has 2 fully saturated rings. The van der Waals surface area contributed by atoms with Gasteiger partial charge in [0.15, 0.2) is 0 Å². The summed E-state index contributed by atoms with van der Waals surface area (Å²) in [5.41, 5.74) is 2.69. The maximum absolute atomic E-state index is 12.7. The average molecular weight is 332 g/mol. The van der Waals surface area contributed by atoms with E-state index in [4.69, 9.17) is 4.74 Å². The van der Waals surface area contributed by atoms with Crippen molar-refractivity contribution in [1.82, 2.24) is 20.4 Å². The quantitative estimate of drug-likeness (QED) is 0.888. The van der Waals surface area contributed by atoms with Crippen molar-refractivity contribution in [1.29, 1.82) is 0 Å². The molecule has 1 heterocycles. The van der Waals surface area contributed by atoms with Crippen LogP contribution in [0.4, 0.5) is 4.79 Å². The largest absolute Gasteiger partial charge is 0.378 e. The van der Waals surface area contributed by atoms with Crippen LogP contribution >= 0.6 is 0 Å². The highest BCUT2D eigenvalue weighted by atomic mass is 16.5. The van der Waals surface area contributed by atoms with Gasteiger partial charge in [0, 0.05) is 43.3 Å². The minimum atomic E-state index is 0.0641. The molecule has 0 aliphatic heterocycles. The van der Waals surface area contributed by atoms with Crippen LogP contribution in [0.3, 0.4) is 0 Å². The number of aryl methyl sites for hydroxylation is 1. The fourth-order valence-corrected chi connectivity index (χ4v) is 4.89. The second kappa shape index (κ2) is 6.06. The van der Waals surface area contributed by atoms with E-state index in [-0.39, 0.29) is 17.5 Å². The van der Waals surface area contributed by atoms with Crippen LogP contribution in [0.25, 0.3) is 0 Å². The van der Waals surface area contributed by atoms with Crippen molar-refractivity contribution >= 4 is 6.03 Å². The number of ether oxygens (including phenoxy) is 1. The number of hydrogen-bond donors (Lipinski definition) is 2. The first-order valence-corrected chi connectivity index (χ1v) is 9.30. The summed E-state index contributed by atoms with van der Waals surface area (Å²) in [6.45, 7) is 2.83. The molecule has 3 aliphatic rings. The summed E-state index contributed by atoms with van der Waals surface area (Å²) in [6.07, 6.45) is 9.71. The number of hydrogen-bond acceptors (Lipinski definition) is 3. The highest BCUT2D eigenvalue weighted by Gasteiger charge is 2.61. The molecule has 4 rings (SSSR count). The van der Waals surface area contributed by atoms with Crippen molar-refractivity contribution in [2.75, 3.05) is 13.7 Å². The van der Waals surface area contributed by atoms with Gasteiger partial charge in [-0.25, -0.2) is 4.79 Å². The number of aromatic amines is 1. The average Bonchev–Trinajstić information content (AvgIpc) is 2.96. The SMILES string of the molecule is CCOC1CC(N(C)C(=O)NC2CCc3cn[nH]c3C2)C12CCC2. The van der Waals surface area contributed by atoms with Gasteiger partial charge in [-0.1, -0.05) is 6.42 Å². The highest BCUT2D eigenvalue weighted by Crippen LogP contribution is 2.58. The van der Waals surface area contributed by atoms with Gasteiger partial charge in [-0.2, -0.15) is 5.10 Å². The van der Waals surface area contributed by atoms with Gasteiger partial charge in [0.25, 0.3) is 0 Å². The second-order valence-electron chi connectivity index (χ2n) is 7.66. The Morgan fingerprint density at radius 2 is 2.38 bits per heavy atom. The molecule has 1 aromatic rings. The van der Waals surface area contributed by atoms with Crippen LogP contribution in [0.5, 0.6) is 0 Å². The van der Waals surface area contributed by atoms with Crippen LogP contribution in [-0.2, 0) is 17.6 Å². The standard InChI is InChI=1S/C18H28N4O2/c1-3-24-16-10-15(18(16)7-4-8-18)22(2)17(23)20-13-6-5-12-11-19-21-14(12)9-13/h11,13,15-16H,3-10H2,1-2H3,(H,19,21)(H,20,23). The number of fused-ring (bicyclic) bond motifs is 1. The molecule has 0 aromatic carbocycles. The van der Waals surface area contributed by atoms with Crippen LogP contribution in [-0.4, -0.2) is 53.0 Å². The Kier molecular flexibility index (Phi) is 4.03. The van der Waals surface area contributed by atoms with E-state index in [9.17, 15) is 4.79 Å². The van der Waals surface area contributed by atoms with E-state index in [1.54, 1.807) is 0 Å². The summed E-state index contributed by atoms with van der Waals surface area (Å²) >= 11 is 0. The van der Waals surface area contributed by atoms with E-state index >= 15 is 0 Å². The van der Waals surface area contributed by atoms with Gasteiger partial charge in [-0.3, -0.25) is 5.10 Å². The summed E-state index contributed by atoms with van der Waals surface area (Å²) in [5.74, 6) is 0. The Morgan fingerprint density at radius 3 is 3.08 bits per heavy atom.